The van der Waals surface area contributed by atoms with Crippen molar-refractivity contribution in [3.63, 3.8) is 0 Å². The van der Waals surface area contributed by atoms with Crippen molar-refractivity contribution in [3.05, 3.63) is 36.9 Å². The number of unbranched alkanes of at least 4 members (excludes halogenated alkanes) is 5. The molecule has 1 aromatic carbocycles. The van der Waals surface area contributed by atoms with Crippen LogP contribution in [0.4, 0.5) is 5.69 Å². The number of hydrogen-bond donors (Lipinski definition) is 2. The Kier molecular flexibility index (Phi) is 12.8. The molecule has 0 bridgehead atoms. The fourth-order valence-corrected chi connectivity index (χ4v) is 4.28. The SMILES string of the molecule is C#C[C@H](C=C)CCC(=O)NS(=O)(=O)c1ccccc1NCCCCCCCCC(=O)OC. The number of rotatable bonds is 16. The van der Waals surface area contributed by atoms with Crippen LogP contribution in [0.2, 0.25) is 0 Å². The van der Waals surface area contributed by atoms with Gasteiger partial charge in [0.2, 0.25) is 5.91 Å². The number of methoxy groups -OCH3 is 1. The molecule has 0 heterocycles. The number of terminal acetylenes is 1. The second-order valence-corrected chi connectivity index (χ2v) is 9.10. The summed E-state index contributed by atoms with van der Waals surface area (Å²) in [4.78, 5) is 23.2. The molecule has 0 aliphatic carbocycles. The standard InChI is InChI=1S/C24H34N2O5S/c1-4-20(5-2)17-18-23(27)26-32(29,30)22-15-12-11-14-21(22)25-19-13-9-7-6-8-10-16-24(28)31-3/h1,5,11-12,14-15,20,25H,2,6-10,13,16-19H2,3H3,(H,26,27)/t20-/m1/s1. The number of anilines is 1. The summed E-state index contributed by atoms with van der Waals surface area (Å²) in [5.41, 5.74) is 0.457. The molecule has 0 aliphatic heterocycles. The molecule has 0 saturated carbocycles. The largest absolute Gasteiger partial charge is 0.469 e. The van der Waals surface area contributed by atoms with Crippen molar-refractivity contribution in [2.45, 2.75) is 62.7 Å². The molecule has 1 amide bonds. The molecule has 2 N–H and O–H groups in total. The lowest BCUT2D eigenvalue weighted by molar-refractivity contribution is -0.140. The second-order valence-electron chi connectivity index (χ2n) is 7.45. The highest BCUT2D eigenvalue weighted by Crippen LogP contribution is 2.21. The number of ether oxygens (including phenoxy) is 1. The minimum Gasteiger partial charge on any atom is -0.469 e. The molecular formula is C24H34N2O5S. The number of carbonyl (C=O) groups is 2. The minimum absolute atomic E-state index is 0.00462. The predicted octanol–water partition coefficient (Wildman–Crippen LogP) is 4.02. The van der Waals surface area contributed by atoms with Gasteiger partial charge in [0.25, 0.3) is 10.0 Å². The van der Waals surface area contributed by atoms with E-state index in [9.17, 15) is 18.0 Å². The molecule has 0 aliphatic rings. The topological polar surface area (TPSA) is 102 Å². The first kappa shape index (κ1) is 27.2. The number of sulfonamides is 1. The molecule has 1 atom stereocenters. The summed E-state index contributed by atoms with van der Waals surface area (Å²) in [6.07, 6.45) is 13.5. The van der Waals surface area contributed by atoms with Crippen molar-refractivity contribution >= 4 is 27.6 Å². The van der Waals surface area contributed by atoms with Crippen LogP contribution < -0.4 is 10.0 Å². The highest BCUT2D eigenvalue weighted by molar-refractivity contribution is 7.90. The van der Waals surface area contributed by atoms with E-state index in [0.717, 1.165) is 38.5 Å². The lowest BCUT2D eigenvalue weighted by atomic mass is 10.0. The van der Waals surface area contributed by atoms with Gasteiger partial charge in [0.05, 0.1) is 12.8 Å². The number of para-hydroxylation sites is 1. The number of hydrogen-bond acceptors (Lipinski definition) is 6. The maximum absolute atomic E-state index is 12.7. The molecule has 0 fully saturated rings. The average molecular weight is 463 g/mol. The summed E-state index contributed by atoms with van der Waals surface area (Å²) < 4.78 is 32.1. The van der Waals surface area contributed by atoms with E-state index < -0.39 is 15.9 Å². The van der Waals surface area contributed by atoms with Crippen molar-refractivity contribution in [1.29, 1.82) is 0 Å². The van der Waals surface area contributed by atoms with Crippen LogP contribution in [0.3, 0.4) is 0 Å². The fourth-order valence-electron chi connectivity index (χ4n) is 3.09. The van der Waals surface area contributed by atoms with Gasteiger partial charge in [-0.05, 0) is 31.4 Å². The highest BCUT2D eigenvalue weighted by Gasteiger charge is 2.21. The zero-order valence-corrected chi connectivity index (χ0v) is 19.6. The van der Waals surface area contributed by atoms with Crippen LogP contribution in [-0.2, 0) is 24.3 Å². The molecule has 0 radical (unpaired) electrons. The van der Waals surface area contributed by atoms with Crippen LogP contribution in [0.1, 0.15) is 57.8 Å². The average Bonchev–Trinajstić information content (AvgIpc) is 2.78. The smallest absolute Gasteiger partial charge is 0.305 e. The minimum atomic E-state index is -4.00. The Hall–Kier alpha value is -2.79. The van der Waals surface area contributed by atoms with Gasteiger partial charge in [-0.3, -0.25) is 9.59 Å². The van der Waals surface area contributed by atoms with Gasteiger partial charge in [0.15, 0.2) is 0 Å². The third kappa shape index (κ3) is 10.5. The quantitative estimate of drug-likeness (QED) is 0.166. The molecule has 176 valence electrons. The van der Waals surface area contributed by atoms with Crippen molar-refractivity contribution in [1.82, 2.24) is 4.72 Å². The fraction of sp³-hybridized carbons (Fsp3) is 0.500. The molecular weight excluding hydrogens is 428 g/mol. The van der Waals surface area contributed by atoms with Gasteiger partial charge in [-0.15, -0.1) is 13.0 Å². The van der Waals surface area contributed by atoms with Crippen LogP contribution in [0.5, 0.6) is 0 Å². The second kappa shape index (κ2) is 15.1. The van der Waals surface area contributed by atoms with Crippen LogP contribution >= 0.6 is 0 Å². The molecule has 7 nitrogen and oxygen atoms in total. The Bertz CT molecular complexity index is 890. The van der Waals surface area contributed by atoms with Gasteiger partial charge < -0.3 is 10.1 Å². The normalized spacial score (nSPS) is 11.8. The van der Waals surface area contributed by atoms with Crippen molar-refractivity contribution in [2.24, 2.45) is 5.92 Å². The third-order valence-corrected chi connectivity index (χ3v) is 6.39. The Balaban J connectivity index is 2.45. The Morgan fingerprint density at radius 3 is 2.44 bits per heavy atom. The van der Waals surface area contributed by atoms with E-state index >= 15 is 0 Å². The van der Waals surface area contributed by atoms with Crippen molar-refractivity contribution in [3.8, 4) is 12.3 Å². The van der Waals surface area contributed by atoms with Gasteiger partial charge >= 0.3 is 5.97 Å². The number of carbonyl (C=O) groups excluding carboxylic acids is 2. The number of benzene rings is 1. The molecule has 32 heavy (non-hydrogen) atoms. The number of nitrogens with one attached hydrogen (secondary N) is 2. The zero-order chi connectivity index (χ0) is 23.8. The van der Waals surface area contributed by atoms with Gasteiger partial charge in [-0.25, -0.2) is 13.1 Å². The molecule has 8 heteroatoms. The first-order valence-electron chi connectivity index (χ1n) is 10.9. The summed E-state index contributed by atoms with van der Waals surface area (Å²) in [6, 6.07) is 6.50. The van der Waals surface area contributed by atoms with Crippen LogP contribution in [0, 0.1) is 18.3 Å². The van der Waals surface area contributed by atoms with Crippen molar-refractivity contribution < 1.29 is 22.7 Å². The maximum atomic E-state index is 12.7. The van der Waals surface area contributed by atoms with Crippen LogP contribution in [0.25, 0.3) is 0 Å². The first-order valence-corrected chi connectivity index (χ1v) is 12.4. The van der Waals surface area contributed by atoms with Gasteiger partial charge in [0.1, 0.15) is 4.90 Å². The van der Waals surface area contributed by atoms with Gasteiger partial charge in [-0.1, -0.05) is 49.8 Å². The Labute approximate surface area is 192 Å². The Morgan fingerprint density at radius 1 is 1.12 bits per heavy atom. The monoisotopic (exact) mass is 462 g/mol. The van der Waals surface area contributed by atoms with Crippen LogP contribution in [0.15, 0.2) is 41.8 Å². The maximum Gasteiger partial charge on any atom is 0.305 e. The van der Waals surface area contributed by atoms with E-state index in [1.807, 2.05) is 0 Å². The van der Waals surface area contributed by atoms with E-state index in [2.05, 4.69) is 27.3 Å². The molecule has 0 spiro atoms. The van der Waals surface area contributed by atoms with Gasteiger partial charge in [-0.2, -0.15) is 0 Å². The third-order valence-electron chi connectivity index (χ3n) is 4.96. The van der Waals surface area contributed by atoms with E-state index in [1.54, 1.807) is 24.3 Å². The molecule has 0 saturated heterocycles. The van der Waals surface area contributed by atoms with E-state index in [4.69, 9.17) is 6.42 Å². The van der Waals surface area contributed by atoms with Gasteiger partial charge in [0, 0.05) is 25.3 Å². The van der Waals surface area contributed by atoms with Crippen molar-refractivity contribution in [2.75, 3.05) is 19.0 Å². The lowest BCUT2D eigenvalue weighted by Gasteiger charge is -2.13. The van der Waals surface area contributed by atoms with E-state index in [1.165, 1.54) is 13.2 Å². The Morgan fingerprint density at radius 2 is 1.78 bits per heavy atom. The van der Waals surface area contributed by atoms with Crippen LogP contribution in [-0.4, -0.2) is 33.9 Å². The number of allylic oxidation sites excluding steroid dienone is 1. The highest BCUT2D eigenvalue weighted by atomic mass is 32.2. The predicted molar refractivity (Wildman–Crippen MR) is 126 cm³/mol. The first-order chi connectivity index (χ1) is 15.3. The summed E-state index contributed by atoms with van der Waals surface area (Å²) >= 11 is 0. The zero-order valence-electron chi connectivity index (χ0n) is 18.8. The summed E-state index contributed by atoms with van der Waals surface area (Å²) in [5.74, 6) is 1.44. The lowest BCUT2D eigenvalue weighted by Crippen LogP contribution is -2.31. The number of amides is 1. The molecule has 0 unspecified atom stereocenters. The van der Waals surface area contributed by atoms with E-state index in [0.29, 0.717) is 25.1 Å². The number of esters is 1. The summed E-state index contributed by atoms with van der Waals surface area (Å²) in [6.45, 7) is 4.21. The summed E-state index contributed by atoms with van der Waals surface area (Å²) in [7, 11) is -2.60. The molecule has 1 rings (SSSR count). The molecule has 0 aromatic heterocycles. The van der Waals surface area contributed by atoms with E-state index in [-0.39, 0.29) is 23.2 Å². The summed E-state index contributed by atoms with van der Waals surface area (Å²) in [5, 5.41) is 3.15. The molecule has 1 aromatic rings.